The van der Waals surface area contributed by atoms with Crippen LogP contribution in [0.5, 0.6) is 5.75 Å². The van der Waals surface area contributed by atoms with E-state index in [2.05, 4.69) is 28.0 Å². The highest BCUT2D eigenvalue weighted by molar-refractivity contribution is 7.27. The zero-order valence-electron chi connectivity index (χ0n) is 18.7. The zero-order valence-corrected chi connectivity index (χ0v) is 19.9. The van der Waals surface area contributed by atoms with Crippen LogP contribution >= 0.6 is 9.24 Å². The highest BCUT2D eigenvalue weighted by Gasteiger charge is 2.15. The van der Waals surface area contributed by atoms with Crippen LogP contribution in [0.25, 0.3) is 0 Å². The molecule has 2 atom stereocenters. The summed E-state index contributed by atoms with van der Waals surface area (Å²) in [5.41, 5.74) is 0.821. The predicted molar refractivity (Wildman–Crippen MR) is 125 cm³/mol. The topological polar surface area (TPSA) is 12.5 Å². The molecule has 0 bridgehead atoms. The first kappa shape index (κ1) is 25.4. The third-order valence-electron chi connectivity index (χ3n) is 5.45. The first-order chi connectivity index (χ1) is 13.6. The van der Waals surface area contributed by atoms with Crippen molar-refractivity contribution in [1.29, 1.82) is 0 Å². The molecule has 1 aromatic rings. The van der Waals surface area contributed by atoms with Gasteiger partial charge in [-0.15, -0.1) is 0 Å². The molecule has 0 aromatic heterocycles. The fraction of sp³-hybridized carbons (Fsp3) is 0.750. The quantitative estimate of drug-likeness (QED) is 0.310. The molecule has 1 saturated heterocycles. The molecule has 0 saturated carbocycles. The Kier molecular flexibility index (Phi) is 13.8. The van der Waals surface area contributed by atoms with E-state index in [-0.39, 0.29) is 5.82 Å². The predicted octanol–water partition coefficient (Wildman–Crippen LogP) is 6.37. The maximum atomic E-state index is 14.7. The Morgan fingerprint density at radius 3 is 2.50 bits per heavy atom. The largest absolute Gasteiger partial charge is 0.492 e. The van der Waals surface area contributed by atoms with Crippen LogP contribution in [0, 0.1) is 11.7 Å². The SMILES string of the molecule is CC.CCCCCCC(C)Cc1ccc(OCCN2CCCCC2)c(P)c1F. The van der Waals surface area contributed by atoms with Gasteiger partial charge in [-0.1, -0.05) is 81.5 Å². The van der Waals surface area contributed by atoms with Gasteiger partial charge in [0.05, 0.1) is 0 Å². The first-order valence-corrected chi connectivity index (χ1v) is 12.1. The molecule has 1 fully saturated rings. The maximum Gasteiger partial charge on any atom is 0.137 e. The van der Waals surface area contributed by atoms with Gasteiger partial charge in [0, 0.05) is 11.8 Å². The van der Waals surface area contributed by atoms with E-state index in [4.69, 9.17) is 4.74 Å². The number of halogens is 1. The van der Waals surface area contributed by atoms with E-state index in [1.807, 2.05) is 26.0 Å². The molecule has 0 radical (unpaired) electrons. The summed E-state index contributed by atoms with van der Waals surface area (Å²) in [5.74, 6) is 1.09. The summed E-state index contributed by atoms with van der Waals surface area (Å²) in [6, 6.07) is 3.86. The lowest BCUT2D eigenvalue weighted by atomic mass is 9.95. The lowest BCUT2D eigenvalue weighted by Crippen LogP contribution is -2.33. The molecule has 2 unspecified atom stereocenters. The third-order valence-corrected chi connectivity index (χ3v) is 5.99. The van der Waals surface area contributed by atoms with Gasteiger partial charge in [0.15, 0.2) is 0 Å². The normalized spacial score (nSPS) is 15.6. The van der Waals surface area contributed by atoms with Gasteiger partial charge in [0.2, 0.25) is 0 Å². The number of likely N-dealkylation sites (tertiary alicyclic amines) is 1. The minimum absolute atomic E-state index is 0.106. The summed E-state index contributed by atoms with van der Waals surface area (Å²) < 4.78 is 20.6. The minimum atomic E-state index is -0.106. The van der Waals surface area contributed by atoms with Gasteiger partial charge in [-0.25, -0.2) is 4.39 Å². The van der Waals surface area contributed by atoms with Crippen LogP contribution in [0.3, 0.4) is 0 Å². The fourth-order valence-electron chi connectivity index (χ4n) is 3.77. The molecule has 0 spiro atoms. The van der Waals surface area contributed by atoms with Crippen LogP contribution in [0.1, 0.15) is 84.6 Å². The first-order valence-electron chi connectivity index (χ1n) is 11.5. The average molecular weight is 412 g/mol. The fourth-order valence-corrected chi connectivity index (χ4v) is 4.13. The van der Waals surface area contributed by atoms with Crippen molar-refractivity contribution < 1.29 is 9.13 Å². The van der Waals surface area contributed by atoms with Crippen LogP contribution in [0.15, 0.2) is 12.1 Å². The van der Waals surface area contributed by atoms with Gasteiger partial charge in [0.25, 0.3) is 0 Å². The number of piperidine rings is 1. The van der Waals surface area contributed by atoms with Crippen molar-refractivity contribution in [3.63, 3.8) is 0 Å². The molecular formula is C24H43FNOP. The number of unbranched alkanes of at least 4 members (excludes halogenated alkanes) is 3. The summed E-state index contributed by atoms with van der Waals surface area (Å²) >= 11 is 0. The maximum absolute atomic E-state index is 14.7. The summed E-state index contributed by atoms with van der Waals surface area (Å²) in [5, 5.41) is 0.583. The number of benzene rings is 1. The Balaban J connectivity index is 0.00000190. The monoisotopic (exact) mass is 411 g/mol. The Labute approximate surface area is 175 Å². The van der Waals surface area contributed by atoms with Crippen LogP contribution < -0.4 is 10.0 Å². The average Bonchev–Trinajstić information content (AvgIpc) is 2.73. The Bertz CT molecular complexity index is 532. The van der Waals surface area contributed by atoms with Crippen molar-refractivity contribution in [3.8, 4) is 5.75 Å². The molecule has 0 amide bonds. The summed E-state index contributed by atoms with van der Waals surface area (Å²) in [6.45, 7) is 12.4. The highest BCUT2D eigenvalue weighted by atomic mass is 31.0. The van der Waals surface area contributed by atoms with Crippen molar-refractivity contribution in [2.45, 2.75) is 85.5 Å². The van der Waals surface area contributed by atoms with E-state index in [1.54, 1.807) is 0 Å². The van der Waals surface area contributed by atoms with Crippen LogP contribution in [-0.2, 0) is 6.42 Å². The highest BCUT2D eigenvalue weighted by Crippen LogP contribution is 2.22. The molecule has 1 aliphatic heterocycles. The second-order valence-corrected chi connectivity index (χ2v) is 8.44. The van der Waals surface area contributed by atoms with Gasteiger partial charge in [0.1, 0.15) is 18.2 Å². The minimum Gasteiger partial charge on any atom is -0.492 e. The van der Waals surface area contributed by atoms with E-state index in [0.29, 0.717) is 23.6 Å². The molecule has 2 nitrogen and oxygen atoms in total. The van der Waals surface area contributed by atoms with Crippen molar-refractivity contribution >= 4 is 14.5 Å². The number of ether oxygens (including phenoxy) is 1. The Morgan fingerprint density at radius 2 is 1.82 bits per heavy atom. The molecule has 0 aliphatic carbocycles. The van der Waals surface area contributed by atoms with Crippen LogP contribution in [0.4, 0.5) is 4.39 Å². The molecule has 1 heterocycles. The lowest BCUT2D eigenvalue weighted by Gasteiger charge is -2.26. The van der Waals surface area contributed by atoms with Gasteiger partial charge in [-0.3, -0.25) is 4.90 Å². The van der Waals surface area contributed by atoms with Gasteiger partial charge in [-0.2, -0.15) is 0 Å². The number of nitrogens with zero attached hydrogens (tertiary/aromatic N) is 1. The number of hydrogen-bond acceptors (Lipinski definition) is 2. The van der Waals surface area contributed by atoms with Crippen molar-refractivity contribution in [3.05, 3.63) is 23.5 Å². The van der Waals surface area contributed by atoms with Crippen LogP contribution in [-0.4, -0.2) is 31.1 Å². The van der Waals surface area contributed by atoms with E-state index >= 15 is 0 Å². The molecule has 4 heteroatoms. The third kappa shape index (κ3) is 9.23. The van der Waals surface area contributed by atoms with E-state index < -0.39 is 0 Å². The van der Waals surface area contributed by atoms with Crippen molar-refractivity contribution in [2.75, 3.05) is 26.2 Å². The summed E-state index contributed by atoms with van der Waals surface area (Å²) in [7, 11) is 2.54. The molecular weight excluding hydrogens is 368 g/mol. The lowest BCUT2D eigenvalue weighted by molar-refractivity contribution is 0.184. The summed E-state index contributed by atoms with van der Waals surface area (Å²) in [4.78, 5) is 2.44. The molecule has 1 aliphatic rings. The number of hydrogen-bond donors (Lipinski definition) is 0. The number of rotatable bonds is 11. The summed E-state index contributed by atoms with van der Waals surface area (Å²) in [6.07, 6.45) is 11.0. The van der Waals surface area contributed by atoms with Crippen molar-refractivity contribution in [2.24, 2.45) is 5.92 Å². The molecule has 2 rings (SSSR count). The van der Waals surface area contributed by atoms with Gasteiger partial charge >= 0.3 is 0 Å². The molecule has 28 heavy (non-hydrogen) atoms. The Morgan fingerprint density at radius 1 is 1.11 bits per heavy atom. The molecule has 1 aromatic carbocycles. The second-order valence-electron chi connectivity index (χ2n) is 7.86. The van der Waals surface area contributed by atoms with E-state index in [9.17, 15) is 4.39 Å². The zero-order chi connectivity index (χ0) is 20.8. The molecule has 162 valence electrons. The standard InChI is InChI=1S/C22H37FNOP.C2H6/c1-3-4-5-7-10-18(2)17-19-11-12-20(22(26)21(19)23)25-16-15-24-13-8-6-9-14-24;1-2/h11-12,18H,3-10,13-17,26H2,1-2H3;1-2H3. The van der Waals surface area contributed by atoms with E-state index in [0.717, 1.165) is 18.5 Å². The van der Waals surface area contributed by atoms with Crippen LogP contribution in [0.2, 0.25) is 0 Å². The van der Waals surface area contributed by atoms with Gasteiger partial charge < -0.3 is 4.74 Å². The van der Waals surface area contributed by atoms with Gasteiger partial charge in [-0.05, 0) is 49.9 Å². The second kappa shape index (κ2) is 15.2. The molecule has 0 N–H and O–H groups in total. The van der Waals surface area contributed by atoms with E-state index in [1.165, 1.54) is 64.5 Å². The van der Waals surface area contributed by atoms with Crippen molar-refractivity contribution in [1.82, 2.24) is 4.90 Å². The smallest absolute Gasteiger partial charge is 0.137 e. The Hall–Kier alpha value is -0.660.